The normalized spacial score (nSPS) is 17.3. The number of rotatable bonds is 7. The van der Waals surface area contributed by atoms with Gasteiger partial charge in [-0.3, -0.25) is 9.59 Å². The second kappa shape index (κ2) is 8.06. The molecule has 1 aliphatic heterocycles. The highest BCUT2D eigenvalue weighted by molar-refractivity contribution is 9.10. The van der Waals surface area contributed by atoms with Crippen molar-refractivity contribution in [2.45, 2.75) is 43.0 Å². The van der Waals surface area contributed by atoms with Gasteiger partial charge >= 0.3 is 0 Å². The highest BCUT2D eigenvalue weighted by Gasteiger charge is 2.28. The van der Waals surface area contributed by atoms with Gasteiger partial charge < -0.3 is 10.2 Å². The maximum atomic E-state index is 12.4. The first-order valence-electron chi connectivity index (χ1n) is 8.75. The molecule has 0 aromatic heterocycles. The average Bonchev–Trinajstić information content (AvgIpc) is 3.22. The fourth-order valence-electron chi connectivity index (χ4n) is 2.84. The first-order valence-corrected chi connectivity index (χ1v) is 11.0. The minimum Gasteiger partial charge on any atom is -0.351 e. The molecule has 2 amide bonds. The molecule has 26 heavy (non-hydrogen) atoms. The van der Waals surface area contributed by atoms with E-state index in [9.17, 15) is 18.0 Å². The molecule has 0 radical (unpaired) electrons. The molecular formula is C17H22BrN3O4S. The van der Waals surface area contributed by atoms with Gasteiger partial charge in [-0.2, -0.15) is 0 Å². The Morgan fingerprint density at radius 1 is 1.19 bits per heavy atom. The smallest absolute Gasteiger partial charge is 0.252 e. The standard InChI is InChI=1S/C17H22BrN3O4S/c18-15-6-5-13(26(24,25)20-12-3-4-12)11-14(15)17(23)19-8-7-16(22)21-9-1-2-10-21/h5-6,11-12,20H,1-4,7-10H2,(H,19,23). The van der Waals surface area contributed by atoms with Gasteiger partial charge in [-0.1, -0.05) is 0 Å². The topological polar surface area (TPSA) is 95.6 Å². The Morgan fingerprint density at radius 2 is 1.88 bits per heavy atom. The van der Waals surface area contributed by atoms with Gasteiger partial charge in [0.15, 0.2) is 0 Å². The van der Waals surface area contributed by atoms with Crippen molar-refractivity contribution in [1.82, 2.24) is 14.9 Å². The molecular weight excluding hydrogens is 422 g/mol. The van der Waals surface area contributed by atoms with E-state index in [1.807, 2.05) is 0 Å². The number of nitrogens with one attached hydrogen (secondary N) is 2. The third-order valence-electron chi connectivity index (χ3n) is 4.48. The van der Waals surface area contributed by atoms with Gasteiger partial charge in [0.1, 0.15) is 0 Å². The number of carbonyl (C=O) groups excluding carboxylic acids is 2. The lowest BCUT2D eigenvalue weighted by Gasteiger charge is -2.15. The Bertz CT molecular complexity index is 802. The van der Waals surface area contributed by atoms with Crippen LogP contribution in [0.4, 0.5) is 0 Å². The SMILES string of the molecule is O=C(NCCC(=O)N1CCCC1)c1cc(S(=O)(=O)NC2CC2)ccc1Br. The molecule has 9 heteroatoms. The first kappa shape index (κ1) is 19.3. The first-order chi connectivity index (χ1) is 12.4. The van der Waals surface area contributed by atoms with E-state index >= 15 is 0 Å². The Labute approximate surface area is 161 Å². The minimum atomic E-state index is -3.63. The number of nitrogens with zero attached hydrogens (tertiary/aromatic N) is 1. The number of carbonyl (C=O) groups is 2. The lowest BCUT2D eigenvalue weighted by Crippen LogP contribution is -2.33. The molecule has 1 aromatic carbocycles. The zero-order chi connectivity index (χ0) is 18.7. The summed E-state index contributed by atoms with van der Waals surface area (Å²) in [4.78, 5) is 26.3. The van der Waals surface area contributed by atoms with Crippen LogP contribution < -0.4 is 10.0 Å². The molecule has 0 unspecified atom stereocenters. The van der Waals surface area contributed by atoms with E-state index in [-0.39, 0.29) is 35.4 Å². The van der Waals surface area contributed by atoms with Crippen LogP contribution in [0.5, 0.6) is 0 Å². The van der Waals surface area contributed by atoms with Gasteiger partial charge in [0, 0.05) is 36.6 Å². The quantitative estimate of drug-likeness (QED) is 0.669. The molecule has 1 aromatic rings. The van der Waals surface area contributed by atoms with Crippen molar-refractivity contribution >= 4 is 37.8 Å². The van der Waals surface area contributed by atoms with Crippen molar-refractivity contribution < 1.29 is 18.0 Å². The minimum absolute atomic E-state index is 0.00229. The molecule has 2 N–H and O–H groups in total. The lowest BCUT2D eigenvalue weighted by atomic mass is 10.2. The molecule has 142 valence electrons. The summed E-state index contributed by atoms with van der Waals surface area (Å²) in [6, 6.07) is 4.36. The second-order valence-electron chi connectivity index (χ2n) is 6.63. The number of hydrogen-bond donors (Lipinski definition) is 2. The van der Waals surface area contributed by atoms with Crippen LogP contribution in [0.15, 0.2) is 27.6 Å². The molecule has 1 saturated heterocycles. The summed E-state index contributed by atoms with van der Waals surface area (Å²) in [7, 11) is -3.63. The van der Waals surface area contributed by atoms with Crippen LogP contribution in [0, 0.1) is 0 Å². The molecule has 2 aliphatic rings. The molecule has 0 bridgehead atoms. The Balaban J connectivity index is 1.61. The lowest BCUT2D eigenvalue weighted by molar-refractivity contribution is -0.129. The van der Waals surface area contributed by atoms with Crippen molar-refractivity contribution in [1.29, 1.82) is 0 Å². The zero-order valence-electron chi connectivity index (χ0n) is 14.3. The van der Waals surface area contributed by atoms with E-state index in [4.69, 9.17) is 0 Å². The van der Waals surface area contributed by atoms with Crippen molar-refractivity contribution in [2.24, 2.45) is 0 Å². The van der Waals surface area contributed by atoms with Gasteiger partial charge in [-0.15, -0.1) is 0 Å². The number of halogens is 1. The zero-order valence-corrected chi connectivity index (χ0v) is 16.7. The monoisotopic (exact) mass is 443 g/mol. The van der Waals surface area contributed by atoms with Crippen molar-refractivity contribution in [3.05, 3.63) is 28.2 Å². The molecule has 3 rings (SSSR count). The van der Waals surface area contributed by atoms with Gasteiger partial charge in [-0.05, 0) is 59.8 Å². The van der Waals surface area contributed by atoms with Gasteiger partial charge in [0.2, 0.25) is 15.9 Å². The summed E-state index contributed by atoms with van der Waals surface area (Å²) in [5.74, 6) is -0.374. The fourth-order valence-corrected chi connectivity index (χ4v) is 4.59. The van der Waals surface area contributed by atoms with Crippen LogP contribution in [0.1, 0.15) is 42.5 Å². The van der Waals surface area contributed by atoms with E-state index in [1.54, 1.807) is 11.0 Å². The highest BCUT2D eigenvalue weighted by atomic mass is 79.9. The molecule has 2 fully saturated rings. The summed E-state index contributed by atoms with van der Waals surface area (Å²) < 4.78 is 27.7. The van der Waals surface area contributed by atoms with Crippen LogP contribution in [0.2, 0.25) is 0 Å². The molecule has 0 atom stereocenters. The maximum absolute atomic E-state index is 12.4. The fraction of sp³-hybridized carbons (Fsp3) is 0.529. The molecule has 1 saturated carbocycles. The van der Waals surface area contributed by atoms with E-state index in [2.05, 4.69) is 26.0 Å². The van der Waals surface area contributed by atoms with Crippen molar-refractivity contribution in [2.75, 3.05) is 19.6 Å². The third-order valence-corrected chi connectivity index (χ3v) is 6.68. The third kappa shape index (κ3) is 4.83. The largest absolute Gasteiger partial charge is 0.351 e. The highest BCUT2D eigenvalue weighted by Crippen LogP contribution is 2.25. The maximum Gasteiger partial charge on any atom is 0.252 e. The summed E-state index contributed by atoms with van der Waals surface area (Å²) >= 11 is 3.28. The molecule has 1 aliphatic carbocycles. The van der Waals surface area contributed by atoms with Crippen LogP contribution in [0.3, 0.4) is 0 Å². The Kier molecular flexibility index (Phi) is 5.99. The van der Waals surface area contributed by atoms with Crippen molar-refractivity contribution in [3.8, 4) is 0 Å². The predicted octanol–water partition coefficient (Wildman–Crippen LogP) is 1.63. The second-order valence-corrected chi connectivity index (χ2v) is 9.20. The Hall–Kier alpha value is -1.45. The van der Waals surface area contributed by atoms with E-state index in [0.29, 0.717) is 4.47 Å². The number of amides is 2. The van der Waals surface area contributed by atoms with Crippen LogP contribution in [-0.4, -0.2) is 50.8 Å². The van der Waals surface area contributed by atoms with Crippen LogP contribution >= 0.6 is 15.9 Å². The molecule has 1 heterocycles. The van der Waals surface area contributed by atoms with Gasteiger partial charge in [0.05, 0.1) is 10.5 Å². The van der Waals surface area contributed by atoms with E-state index < -0.39 is 15.9 Å². The Morgan fingerprint density at radius 3 is 2.54 bits per heavy atom. The van der Waals surface area contributed by atoms with E-state index in [1.165, 1.54) is 12.1 Å². The summed E-state index contributed by atoms with van der Waals surface area (Å²) in [6.45, 7) is 1.79. The van der Waals surface area contributed by atoms with Crippen LogP contribution in [0.25, 0.3) is 0 Å². The number of benzene rings is 1. The number of likely N-dealkylation sites (tertiary alicyclic amines) is 1. The van der Waals surface area contributed by atoms with Gasteiger partial charge in [0.25, 0.3) is 5.91 Å². The summed E-state index contributed by atoms with van der Waals surface area (Å²) in [6.07, 6.45) is 3.98. The van der Waals surface area contributed by atoms with Crippen molar-refractivity contribution in [3.63, 3.8) is 0 Å². The summed E-state index contributed by atoms with van der Waals surface area (Å²) in [5, 5.41) is 2.69. The van der Waals surface area contributed by atoms with E-state index in [0.717, 1.165) is 38.8 Å². The van der Waals surface area contributed by atoms with Gasteiger partial charge in [-0.25, -0.2) is 13.1 Å². The number of sulfonamides is 1. The molecule has 7 nitrogen and oxygen atoms in total. The van der Waals surface area contributed by atoms with Crippen LogP contribution in [-0.2, 0) is 14.8 Å². The number of hydrogen-bond acceptors (Lipinski definition) is 4. The predicted molar refractivity (Wildman–Crippen MR) is 100 cm³/mol. The summed E-state index contributed by atoms with van der Waals surface area (Å²) in [5.41, 5.74) is 0.234. The average molecular weight is 444 g/mol. The molecule has 0 spiro atoms.